The molecule has 1 aliphatic heterocycles. The summed E-state index contributed by atoms with van der Waals surface area (Å²) >= 11 is 0. The second-order valence-electron chi connectivity index (χ2n) is 6.35. The highest BCUT2D eigenvalue weighted by Gasteiger charge is 2.24. The summed E-state index contributed by atoms with van der Waals surface area (Å²) in [6.45, 7) is 1.35. The van der Waals surface area contributed by atoms with E-state index in [0.717, 1.165) is 0 Å². The van der Waals surface area contributed by atoms with Crippen LogP contribution in [0.15, 0.2) is 54.6 Å². The predicted octanol–water partition coefficient (Wildman–Crippen LogP) is 2.93. The van der Waals surface area contributed by atoms with E-state index in [-0.39, 0.29) is 30.3 Å². The SMILES string of the molecule is O=C(NCc1ccccc1F)NC1CCN(C(=O)c2ccccc2)CC1. The van der Waals surface area contributed by atoms with E-state index in [1.165, 1.54) is 6.07 Å². The quantitative estimate of drug-likeness (QED) is 0.886. The van der Waals surface area contributed by atoms with Gasteiger partial charge in [-0.25, -0.2) is 9.18 Å². The van der Waals surface area contributed by atoms with Gasteiger partial charge in [0.25, 0.3) is 5.91 Å². The largest absolute Gasteiger partial charge is 0.338 e. The van der Waals surface area contributed by atoms with Gasteiger partial charge in [0.15, 0.2) is 0 Å². The highest BCUT2D eigenvalue weighted by atomic mass is 19.1. The molecule has 5 nitrogen and oxygen atoms in total. The van der Waals surface area contributed by atoms with Crippen molar-refractivity contribution in [2.75, 3.05) is 13.1 Å². The Morgan fingerprint density at radius 1 is 1.00 bits per heavy atom. The van der Waals surface area contributed by atoms with E-state index >= 15 is 0 Å². The van der Waals surface area contributed by atoms with Crippen molar-refractivity contribution >= 4 is 11.9 Å². The lowest BCUT2D eigenvalue weighted by molar-refractivity contribution is 0.0708. The van der Waals surface area contributed by atoms with Crippen molar-refractivity contribution in [3.05, 3.63) is 71.5 Å². The van der Waals surface area contributed by atoms with Gasteiger partial charge in [-0.3, -0.25) is 4.79 Å². The number of hydrogen-bond acceptors (Lipinski definition) is 2. The Morgan fingerprint density at radius 3 is 2.35 bits per heavy atom. The standard InChI is InChI=1S/C20H22FN3O2/c21-18-9-5-4-8-16(18)14-22-20(26)23-17-10-12-24(13-11-17)19(25)15-6-2-1-3-7-15/h1-9,17H,10-14H2,(H2,22,23,26). The number of hydrogen-bond donors (Lipinski definition) is 2. The molecule has 6 heteroatoms. The Kier molecular flexibility index (Phi) is 5.84. The molecular formula is C20H22FN3O2. The number of amides is 3. The van der Waals surface area contributed by atoms with Crippen molar-refractivity contribution < 1.29 is 14.0 Å². The summed E-state index contributed by atoms with van der Waals surface area (Å²) in [5, 5.41) is 5.57. The Morgan fingerprint density at radius 2 is 1.65 bits per heavy atom. The number of likely N-dealkylation sites (tertiary alicyclic amines) is 1. The van der Waals surface area contributed by atoms with Gasteiger partial charge in [0, 0.05) is 36.8 Å². The van der Waals surface area contributed by atoms with Gasteiger partial charge in [0.2, 0.25) is 0 Å². The molecule has 0 aliphatic carbocycles. The van der Waals surface area contributed by atoms with Gasteiger partial charge in [-0.15, -0.1) is 0 Å². The molecule has 2 N–H and O–H groups in total. The molecule has 3 amide bonds. The van der Waals surface area contributed by atoms with Crippen LogP contribution in [0.5, 0.6) is 0 Å². The molecule has 1 aliphatic rings. The molecule has 1 fully saturated rings. The molecule has 3 rings (SSSR count). The van der Waals surface area contributed by atoms with Crippen LogP contribution in [0.25, 0.3) is 0 Å². The molecule has 0 aromatic heterocycles. The number of urea groups is 1. The zero-order chi connectivity index (χ0) is 18.4. The Balaban J connectivity index is 1.43. The molecule has 0 radical (unpaired) electrons. The number of rotatable bonds is 4. The number of halogens is 1. The second kappa shape index (κ2) is 8.47. The number of nitrogens with one attached hydrogen (secondary N) is 2. The van der Waals surface area contributed by atoms with Crippen LogP contribution in [-0.2, 0) is 6.54 Å². The molecule has 26 heavy (non-hydrogen) atoms. The third-order valence-electron chi connectivity index (χ3n) is 4.54. The predicted molar refractivity (Wildman–Crippen MR) is 97.1 cm³/mol. The van der Waals surface area contributed by atoms with Gasteiger partial charge in [0.05, 0.1) is 0 Å². The van der Waals surface area contributed by atoms with Crippen LogP contribution in [0.4, 0.5) is 9.18 Å². The topological polar surface area (TPSA) is 61.4 Å². The van der Waals surface area contributed by atoms with E-state index in [0.29, 0.717) is 37.1 Å². The maximum atomic E-state index is 13.5. The normalized spacial score (nSPS) is 14.7. The fourth-order valence-corrected chi connectivity index (χ4v) is 3.04. The Hall–Kier alpha value is -2.89. The molecule has 0 saturated carbocycles. The summed E-state index contributed by atoms with van der Waals surface area (Å²) in [7, 11) is 0. The average molecular weight is 355 g/mol. The Labute approximate surface area is 152 Å². The summed E-state index contributed by atoms with van der Waals surface area (Å²) in [5.41, 5.74) is 1.13. The van der Waals surface area contributed by atoms with E-state index < -0.39 is 0 Å². The molecule has 1 heterocycles. The van der Waals surface area contributed by atoms with Crippen LogP contribution in [0.1, 0.15) is 28.8 Å². The van der Waals surface area contributed by atoms with Crippen molar-refractivity contribution in [2.24, 2.45) is 0 Å². The fourth-order valence-electron chi connectivity index (χ4n) is 3.04. The first kappa shape index (κ1) is 17.9. The van der Waals surface area contributed by atoms with Gasteiger partial charge >= 0.3 is 6.03 Å². The third kappa shape index (κ3) is 4.59. The van der Waals surface area contributed by atoms with E-state index in [9.17, 15) is 14.0 Å². The highest BCUT2D eigenvalue weighted by Crippen LogP contribution is 2.14. The van der Waals surface area contributed by atoms with Gasteiger partial charge in [-0.2, -0.15) is 0 Å². The van der Waals surface area contributed by atoms with Crippen LogP contribution < -0.4 is 10.6 Å². The maximum absolute atomic E-state index is 13.5. The minimum absolute atomic E-state index is 0.00967. The van der Waals surface area contributed by atoms with E-state index in [1.807, 2.05) is 35.2 Å². The Bertz CT molecular complexity index is 759. The van der Waals surface area contributed by atoms with Crippen molar-refractivity contribution in [3.8, 4) is 0 Å². The van der Waals surface area contributed by atoms with Crippen LogP contribution >= 0.6 is 0 Å². The number of benzene rings is 2. The van der Waals surface area contributed by atoms with Crippen molar-refractivity contribution in [1.82, 2.24) is 15.5 Å². The summed E-state index contributed by atoms with van der Waals surface area (Å²) < 4.78 is 13.5. The number of piperidine rings is 1. The van der Waals surface area contributed by atoms with E-state index in [4.69, 9.17) is 0 Å². The molecule has 0 spiro atoms. The highest BCUT2D eigenvalue weighted by molar-refractivity contribution is 5.94. The fraction of sp³-hybridized carbons (Fsp3) is 0.300. The summed E-state index contributed by atoms with van der Waals surface area (Å²) in [5.74, 6) is -0.311. The van der Waals surface area contributed by atoms with Crippen LogP contribution in [0.3, 0.4) is 0 Å². The first-order chi connectivity index (χ1) is 12.6. The van der Waals surface area contributed by atoms with Crippen LogP contribution in [0, 0.1) is 5.82 Å². The number of nitrogens with zero attached hydrogens (tertiary/aromatic N) is 1. The van der Waals surface area contributed by atoms with Gasteiger partial charge in [0.1, 0.15) is 5.82 Å². The third-order valence-corrected chi connectivity index (χ3v) is 4.54. The van der Waals surface area contributed by atoms with Gasteiger partial charge < -0.3 is 15.5 Å². The van der Waals surface area contributed by atoms with Crippen molar-refractivity contribution in [1.29, 1.82) is 0 Å². The average Bonchev–Trinajstić information content (AvgIpc) is 2.68. The lowest BCUT2D eigenvalue weighted by Gasteiger charge is -2.32. The number of carbonyl (C=O) groups excluding carboxylic acids is 2. The molecule has 0 atom stereocenters. The first-order valence-corrected chi connectivity index (χ1v) is 8.75. The second-order valence-corrected chi connectivity index (χ2v) is 6.35. The smallest absolute Gasteiger partial charge is 0.315 e. The summed E-state index contributed by atoms with van der Waals surface area (Å²) in [4.78, 5) is 26.2. The van der Waals surface area contributed by atoms with Crippen LogP contribution in [-0.4, -0.2) is 36.0 Å². The van der Waals surface area contributed by atoms with Crippen molar-refractivity contribution in [2.45, 2.75) is 25.4 Å². The molecule has 2 aromatic carbocycles. The molecule has 0 bridgehead atoms. The first-order valence-electron chi connectivity index (χ1n) is 8.75. The minimum Gasteiger partial charge on any atom is -0.338 e. The van der Waals surface area contributed by atoms with Gasteiger partial charge in [-0.05, 0) is 31.0 Å². The zero-order valence-electron chi connectivity index (χ0n) is 14.5. The lowest BCUT2D eigenvalue weighted by Crippen LogP contribution is -2.49. The molecule has 136 valence electrons. The molecule has 2 aromatic rings. The van der Waals surface area contributed by atoms with Crippen LogP contribution in [0.2, 0.25) is 0 Å². The molecular weight excluding hydrogens is 333 g/mol. The van der Waals surface area contributed by atoms with E-state index in [2.05, 4.69) is 10.6 Å². The summed E-state index contributed by atoms with van der Waals surface area (Å²) in [6.07, 6.45) is 1.40. The summed E-state index contributed by atoms with van der Waals surface area (Å²) in [6, 6.07) is 15.2. The minimum atomic E-state index is -0.333. The maximum Gasteiger partial charge on any atom is 0.315 e. The van der Waals surface area contributed by atoms with Crippen molar-refractivity contribution in [3.63, 3.8) is 0 Å². The number of carbonyl (C=O) groups is 2. The molecule has 1 saturated heterocycles. The monoisotopic (exact) mass is 355 g/mol. The van der Waals surface area contributed by atoms with E-state index in [1.54, 1.807) is 18.2 Å². The molecule has 0 unspecified atom stereocenters. The van der Waals surface area contributed by atoms with Gasteiger partial charge in [-0.1, -0.05) is 36.4 Å². The zero-order valence-corrected chi connectivity index (χ0v) is 14.5. The lowest BCUT2D eigenvalue weighted by atomic mass is 10.0.